The van der Waals surface area contributed by atoms with E-state index in [0.717, 1.165) is 11.1 Å². The Morgan fingerprint density at radius 3 is 1.76 bits per heavy atom. The molecular weight excluding hydrogens is 454 g/mol. The zero-order chi connectivity index (χ0) is 25.1. The van der Waals surface area contributed by atoms with Gasteiger partial charge in [0.05, 0.1) is 19.5 Å². The number of allylic oxidation sites excluding steroid dienone is 1. The Kier molecular flexibility index (Phi) is 11.0. The van der Waals surface area contributed by atoms with Gasteiger partial charge in [0.15, 0.2) is 6.29 Å². The van der Waals surface area contributed by atoms with E-state index in [1.54, 1.807) is 20.3 Å². The standard InChI is InChI=1S/C26H37NO6S/c1-5-7-20(2)25(8-6-9-26(28)29)34(30,31)27(18-21-10-14-23(32-3)15-11-21)19-22-12-16-24(33-4)17-13-22/h5,10-17,20,25-26,28-29H,1,6-9,18-19H2,2-4H3/t20-,25+/m0/s1. The summed E-state index contributed by atoms with van der Waals surface area (Å²) in [7, 11) is -0.575. The summed E-state index contributed by atoms with van der Waals surface area (Å²) < 4.78 is 40.0. The molecule has 0 aromatic heterocycles. The zero-order valence-electron chi connectivity index (χ0n) is 20.3. The number of hydrogen-bond acceptors (Lipinski definition) is 6. The molecule has 0 unspecified atom stereocenters. The molecule has 0 aliphatic rings. The Hall–Kier alpha value is -2.39. The molecule has 0 fully saturated rings. The number of hydrogen-bond donors (Lipinski definition) is 2. The van der Waals surface area contributed by atoms with Crippen LogP contribution in [-0.2, 0) is 23.1 Å². The van der Waals surface area contributed by atoms with Crippen molar-refractivity contribution in [3.05, 3.63) is 72.3 Å². The Bertz CT molecular complexity index is 924. The van der Waals surface area contributed by atoms with Crippen molar-refractivity contribution in [2.24, 2.45) is 5.92 Å². The summed E-state index contributed by atoms with van der Waals surface area (Å²) in [5, 5.41) is 17.8. The van der Waals surface area contributed by atoms with Gasteiger partial charge in [0, 0.05) is 13.1 Å². The molecule has 2 N–H and O–H groups in total. The molecule has 0 radical (unpaired) electrons. The van der Waals surface area contributed by atoms with Crippen LogP contribution in [0.1, 0.15) is 43.7 Å². The first-order chi connectivity index (χ1) is 16.2. The second-order valence-corrected chi connectivity index (χ2v) is 10.6. The van der Waals surface area contributed by atoms with E-state index in [4.69, 9.17) is 9.47 Å². The van der Waals surface area contributed by atoms with Gasteiger partial charge >= 0.3 is 0 Å². The molecule has 8 heteroatoms. The number of benzene rings is 2. The molecular formula is C26H37NO6S. The Labute approximate surface area is 203 Å². The molecule has 0 aliphatic heterocycles. The van der Waals surface area contributed by atoms with Gasteiger partial charge < -0.3 is 19.7 Å². The Balaban J connectivity index is 2.39. The molecule has 0 saturated carbocycles. The maximum atomic E-state index is 14.0. The average Bonchev–Trinajstić information content (AvgIpc) is 2.82. The van der Waals surface area contributed by atoms with Gasteiger partial charge in [0.2, 0.25) is 10.0 Å². The molecule has 2 aromatic carbocycles. The smallest absolute Gasteiger partial charge is 0.217 e. The van der Waals surface area contributed by atoms with E-state index in [-0.39, 0.29) is 25.4 Å². The lowest BCUT2D eigenvalue weighted by molar-refractivity contribution is -0.0466. The molecule has 0 heterocycles. The van der Waals surface area contributed by atoms with Crippen molar-refractivity contribution in [3.63, 3.8) is 0 Å². The van der Waals surface area contributed by atoms with Crippen molar-refractivity contribution in [1.82, 2.24) is 4.31 Å². The van der Waals surface area contributed by atoms with Crippen molar-refractivity contribution >= 4 is 10.0 Å². The average molecular weight is 492 g/mol. The van der Waals surface area contributed by atoms with Gasteiger partial charge in [-0.05, 0) is 67.0 Å². The highest BCUT2D eigenvalue weighted by Gasteiger charge is 2.35. The maximum absolute atomic E-state index is 14.0. The van der Waals surface area contributed by atoms with E-state index in [9.17, 15) is 18.6 Å². The van der Waals surface area contributed by atoms with Gasteiger partial charge in [-0.3, -0.25) is 0 Å². The molecule has 0 bridgehead atoms. The number of rotatable bonds is 15. The normalized spacial score (nSPS) is 13.6. The number of nitrogens with zero attached hydrogens (tertiary/aromatic N) is 1. The third-order valence-corrected chi connectivity index (χ3v) is 8.35. The van der Waals surface area contributed by atoms with Crippen molar-refractivity contribution in [3.8, 4) is 11.5 Å². The fraction of sp³-hybridized carbons (Fsp3) is 0.462. The zero-order valence-corrected chi connectivity index (χ0v) is 21.1. The van der Waals surface area contributed by atoms with Crippen molar-refractivity contribution in [2.75, 3.05) is 14.2 Å². The summed E-state index contributed by atoms with van der Waals surface area (Å²) in [5.74, 6) is 1.23. The molecule has 0 aliphatic carbocycles. The Morgan fingerprint density at radius 1 is 0.912 bits per heavy atom. The Morgan fingerprint density at radius 2 is 1.38 bits per heavy atom. The molecule has 2 atom stereocenters. The first-order valence-electron chi connectivity index (χ1n) is 11.4. The minimum Gasteiger partial charge on any atom is -0.497 e. The quantitative estimate of drug-likeness (QED) is 0.288. The topological polar surface area (TPSA) is 96.3 Å². The number of methoxy groups -OCH3 is 2. The van der Waals surface area contributed by atoms with E-state index >= 15 is 0 Å². The van der Waals surface area contributed by atoms with Crippen LogP contribution in [-0.4, -0.2) is 48.7 Å². The van der Waals surface area contributed by atoms with Gasteiger partial charge in [-0.25, -0.2) is 8.42 Å². The first kappa shape index (κ1) is 27.9. The predicted octanol–water partition coefficient (Wildman–Crippen LogP) is 4.10. The SMILES string of the molecule is C=CC[C@H](C)[C@@H](CCCC(O)O)S(=O)(=O)N(Cc1ccc(OC)cc1)Cc1ccc(OC)cc1. The molecule has 7 nitrogen and oxygen atoms in total. The van der Waals surface area contributed by atoms with E-state index < -0.39 is 21.6 Å². The van der Waals surface area contributed by atoms with Gasteiger partial charge in [-0.2, -0.15) is 4.31 Å². The fourth-order valence-corrected chi connectivity index (χ4v) is 6.14. The highest BCUT2D eigenvalue weighted by atomic mass is 32.2. The minimum atomic E-state index is -3.75. The van der Waals surface area contributed by atoms with Crippen molar-refractivity contribution < 1.29 is 28.1 Å². The van der Waals surface area contributed by atoms with Crippen LogP contribution in [0.4, 0.5) is 0 Å². The lowest BCUT2D eigenvalue weighted by atomic mass is 9.99. The van der Waals surface area contributed by atoms with Crippen LogP contribution >= 0.6 is 0 Å². The lowest BCUT2D eigenvalue weighted by Crippen LogP contribution is -2.41. The van der Waals surface area contributed by atoms with E-state index in [0.29, 0.717) is 30.8 Å². The van der Waals surface area contributed by atoms with Crippen LogP contribution in [0.2, 0.25) is 0 Å². The summed E-state index contributed by atoms with van der Waals surface area (Å²) in [6, 6.07) is 14.7. The first-order valence-corrected chi connectivity index (χ1v) is 12.9. The van der Waals surface area contributed by atoms with Crippen LogP contribution < -0.4 is 9.47 Å². The molecule has 0 spiro atoms. The summed E-state index contributed by atoms with van der Waals surface area (Å²) in [4.78, 5) is 0. The largest absolute Gasteiger partial charge is 0.497 e. The van der Waals surface area contributed by atoms with E-state index in [2.05, 4.69) is 6.58 Å². The van der Waals surface area contributed by atoms with Crippen LogP contribution in [0.15, 0.2) is 61.2 Å². The number of aliphatic hydroxyl groups is 2. The minimum absolute atomic E-state index is 0.129. The van der Waals surface area contributed by atoms with Gasteiger partial charge in [0.25, 0.3) is 0 Å². The summed E-state index contributed by atoms with van der Waals surface area (Å²) in [5.41, 5.74) is 1.69. The third kappa shape index (κ3) is 8.13. The summed E-state index contributed by atoms with van der Waals surface area (Å²) in [6.07, 6.45) is 1.67. The van der Waals surface area contributed by atoms with Gasteiger partial charge in [-0.15, -0.1) is 6.58 Å². The predicted molar refractivity (Wildman–Crippen MR) is 134 cm³/mol. The van der Waals surface area contributed by atoms with E-state index in [1.807, 2.05) is 55.5 Å². The van der Waals surface area contributed by atoms with Crippen LogP contribution in [0, 0.1) is 5.92 Å². The molecule has 188 valence electrons. The lowest BCUT2D eigenvalue weighted by Gasteiger charge is -2.31. The number of aliphatic hydroxyl groups excluding tert-OH is 1. The van der Waals surface area contributed by atoms with Crippen molar-refractivity contribution in [1.29, 1.82) is 0 Å². The monoisotopic (exact) mass is 491 g/mol. The van der Waals surface area contributed by atoms with Gasteiger partial charge in [0.1, 0.15) is 11.5 Å². The number of sulfonamides is 1. The maximum Gasteiger partial charge on any atom is 0.217 e. The molecule has 0 amide bonds. The second-order valence-electron chi connectivity index (χ2n) is 8.46. The highest BCUT2D eigenvalue weighted by Crippen LogP contribution is 2.28. The second kappa shape index (κ2) is 13.5. The van der Waals surface area contributed by atoms with E-state index in [1.165, 1.54) is 4.31 Å². The fourth-order valence-electron chi connectivity index (χ4n) is 3.94. The highest BCUT2D eigenvalue weighted by molar-refractivity contribution is 7.89. The number of ether oxygens (including phenoxy) is 2. The summed E-state index contributed by atoms with van der Waals surface area (Å²) in [6.45, 7) is 6.09. The molecule has 2 rings (SSSR count). The molecule has 0 saturated heterocycles. The van der Waals surface area contributed by atoms with Crippen LogP contribution in [0.3, 0.4) is 0 Å². The third-order valence-electron chi connectivity index (χ3n) is 5.90. The van der Waals surface area contributed by atoms with Crippen LogP contribution in [0.5, 0.6) is 11.5 Å². The van der Waals surface area contributed by atoms with Crippen molar-refractivity contribution in [2.45, 2.75) is 57.2 Å². The summed E-state index contributed by atoms with van der Waals surface area (Å²) >= 11 is 0. The van der Waals surface area contributed by atoms with Crippen LogP contribution in [0.25, 0.3) is 0 Å². The molecule has 34 heavy (non-hydrogen) atoms. The molecule has 2 aromatic rings. The van der Waals surface area contributed by atoms with Gasteiger partial charge in [-0.1, -0.05) is 37.3 Å².